The Labute approximate surface area is 90.9 Å². The van der Waals surface area contributed by atoms with Crippen LogP contribution >= 0.6 is 11.3 Å². The van der Waals surface area contributed by atoms with Gasteiger partial charge in [-0.3, -0.25) is 0 Å². The second kappa shape index (κ2) is 6.98. The van der Waals surface area contributed by atoms with Gasteiger partial charge in [0, 0.05) is 11.4 Å². The normalized spacial score (nSPS) is 11.1. The monoisotopic (exact) mass is 212 g/mol. The van der Waals surface area contributed by atoms with Crippen LogP contribution in [0.25, 0.3) is 0 Å². The minimum Gasteiger partial charge on any atom is -0.317 e. The molecule has 2 nitrogen and oxygen atoms in total. The van der Waals surface area contributed by atoms with Gasteiger partial charge in [0.25, 0.3) is 0 Å². The summed E-state index contributed by atoms with van der Waals surface area (Å²) in [6, 6.07) is 4.32. The molecule has 0 aliphatic rings. The topological polar surface area (TPSA) is 15.3 Å². The Morgan fingerprint density at radius 1 is 1.50 bits per heavy atom. The molecular formula is C11H20N2S. The number of thiophene rings is 1. The van der Waals surface area contributed by atoms with Crippen molar-refractivity contribution in [3.05, 3.63) is 22.4 Å². The molecule has 0 fully saturated rings. The molecule has 0 atom stereocenters. The highest BCUT2D eigenvalue weighted by atomic mass is 32.1. The van der Waals surface area contributed by atoms with Gasteiger partial charge in [-0.05, 0) is 44.5 Å². The molecule has 1 aromatic heterocycles. The van der Waals surface area contributed by atoms with Crippen LogP contribution in [0.15, 0.2) is 17.5 Å². The van der Waals surface area contributed by atoms with Gasteiger partial charge >= 0.3 is 0 Å². The first-order valence-corrected chi connectivity index (χ1v) is 6.12. The van der Waals surface area contributed by atoms with Crippen LogP contribution in [0, 0.1) is 0 Å². The summed E-state index contributed by atoms with van der Waals surface area (Å²) in [6.45, 7) is 6.62. The van der Waals surface area contributed by atoms with Crippen molar-refractivity contribution in [3.8, 4) is 0 Å². The van der Waals surface area contributed by atoms with Crippen molar-refractivity contribution in [1.82, 2.24) is 10.2 Å². The summed E-state index contributed by atoms with van der Waals surface area (Å²) >= 11 is 1.84. The van der Waals surface area contributed by atoms with Gasteiger partial charge in [0.2, 0.25) is 0 Å². The van der Waals surface area contributed by atoms with Crippen LogP contribution < -0.4 is 5.32 Å². The van der Waals surface area contributed by atoms with Crippen LogP contribution in [0.5, 0.6) is 0 Å². The Morgan fingerprint density at radius 3 is 3.00 bits per heavy atom. The first kappa shape index (κ1) is 11.7. The van der Waals surface area contributed by atoms with E-state index >= 15 is 0 Å². The van der Waals surface area contributed by atoms with Gasteiger partial charge in [-0.15, -0.1) is 11.3 Å². The van der Waals surface area contributed by atoms with E-state index in [0.717, 1.165) is 19.6 Å². The predicted octanol–water partition coefficient (Wildman–Crippen LogP) is 2.18. The van der Waals surface area contributed by atoms with E-state index in [9.17, 15) is 0 Å². The average molecular weight is 212 g/mol. The molecule has 0 bridgehead atoms. The summed E-state index contributed by atoms with van der Waals surface area (Å²) in [5.41, 5.74) is 0. The van der Waals surface area contributed by atoms with E-state index in [1.165, 1.54) is 17.8 Å². The third kappa shape index (κ3) is 4.74. The molecule has 0 aliphatic carbocycles. The van der Waals surface area contributed by atoms with E-state index in [-0.39, 0.29) is 0 Å². The molecule has 1 rings (SSSR count). The lowest BCUT2D eigenvalue weighted by molar-refractivity contribution is 0.323. The number of nitrogens with one attached hydrogen (secondary N) is 1. The Hall–Kier alpha value is -0.380. The fourth-order valence-electron chi connectivity index (χ4n) is 1.40. The Morgan fingerprint density at radius 2 is 2.36 bits per heavy atom. The third-order valence-electron chi connectivity index (χ3n) is 2.15. The van der Waals surface area contributed by atoms with Gasteiger partial charge < -0.3 is 10.2 Å². The summed E-state index contributed by atoms with van der Waals surface area (Å²) in [5.74, 6) is 0. The smallest absolute Gasteiger partial charge is 0.0324 e. The van der Waals surface area contributed by atoms with E-state index in [1.54, 1.807) is 0 Å². The number of rotatable bonds is 7. The fraction of sp³-hybridized carbons (Fsp3) is 0.636. The zero-order chi connectivity index (χ0) is 10.2. The molecule has 80 valence electrons. The fourth-order valence-corrected chi connectivity index (χ4v) is 2.18. The van der Waals surface area contributed by atoms with Gasteiger partial charge in [0.1, 0.15) is 0 Å². The minimum atomic E-state index is 1.08. The third-order valence-corrected chi connectivity index (χ3v) is 3.01. The van der Waals surface area contributed by atoms with E-state index in [0.29, 0.717) is 0 Å². The van der Waals surface area contributed by atoms with Crippen molar-refractivity contribution in [3.63, 3.8) is 0 Å². The maximum Gasteiger partial charge on any atom is 0.0324 e. The summed E-state index contributed by atoms with van der Waals surface area (Å²) in [5, 5.41) is 5.48. The van der Waals surface area contributed by atoms with Crippen molar-refractivity contribution < 1.29 is 0 Å². The molecule has 14 heavy (non-hydrogen) atoms. The molecule has 1 aromatic rings. The van der Waals surface area contributed by atoms with Crippen LogP contribution in [-0.4, -0.2) is 31.6 Å². The minimum absolute atomic E-state index is 1.08. The van der Waals surface area contributed by atoms with Crippen molar-refractivity contribution in [1.29, 1.82) is 0 Å². The summed E-state index contributed by atoms with van der Waals surface area (Å²) in [4.78, 5) is 3.83. The molecule has 0 aromatic carbocycles. The first-order chi connectivity index (χ1) is 6.83. The standard InChI is InChI=1S/C11H20N2S/c1-3-12-7-5-8-13(2)10-11-6-4-9-14-11/h4,6,9,12H,3,5,7-8,10H2,1-2H3. The Kier molecular flexibility index (Phi) is 5.83. The summed E-state index contributed by atoms with van der Waals surface area (Å²) in [6.07, 6.45) is 1.23. The molecule has 0 spiro atoms. The van der Waals surface area contributed by atoms with Gasteiger partial charge in [-0.25, -0.2) is 0 Å². The maximum atomic E-state index is 3.34. The molecule has 0 saturated carbocycles. The van der Waals surface area contributed by atoms with Crippen LogP contribution in [0.4, 0.5) is 0 Å². The number of hydrogen-bond donors (Lipinski definition) is 1. The van der Waals surface area contributed by atoms with E-state index in [2.05, 4.69) is 41.7 Å². The lowest BCUT2D eigenvalue weighted by atomic mass is 10.3. The molecule has 1 heterocycles. The molecule has 0 aliphatic heterocycles. The quantitative estimate of drug-likeness (QED) is 0.697. The average Bonchev–Trinajstić information content (AvgIpc) is 2.65. The van der Waals surface area contributed by atoms with Crippen molar-refractivity contribution in [2.24, 2.45) is 0 Å². The van der Waals surface area contributed by atoms with Crippen LogP contribution in [0.3, 0.4) is 0 Å². The highest BCUT2D eigenvalue weighted by Crippen LogP contribution is 2.10. The van der Waals surface area contributed by atoms with Gasteiger partial charge in [-0.1, -0.05) is 13.0 Å². The molecule has 3 heteroatoms. The maximum absolute atomic E-state index is 3.34. The van der Waals surface area contributed by atoms with Crippen LogP contribution in [0.1, 0.15) is 18.2 Å². The molecule has 1 N–H and O–H groups in total. The molecule has 0 saturated heterocycles. The number of nitrogens with zero attached hydrogens (tertiary/aromatic N) is 1. The lowest BCUT2D eigenvalue weighted by Gasteiger charge is -2.15. The molecule has 0 amide bonds. The van der Waals surface area contributed by atoms with Crippen LogP contribution in [0.2, 0.25) is 0 Å². The van der Waals surface area contributed by atoms with Crippen LogP contribution in [-0.2, 0) is 6.54 Å². The van der Waals surface area contributed by atoms with E-state index in [1.807, 2.05) is 11.3 Å². The second-order valence-electron chi connectivity index (χ2n) is 3.52. The largest absolute Gasteiger partial charge is 0.317 e. The second-order valence-corrected chi connectivity index (χ2v) is 4.56. The van der Waals surface area contributed by atoms with Gasteiger partial charge in [0.05, 0.1) is 0 Å². The Bertz CT molecular complexity index is 221. The Balaban J connectivity index is 2.07. The van der Waals surface area contributed by atoms with Crippen molar-refractivity contribution in [2.75, 3.05) is 26.7 Å². The molecule has 0 unspecified atom stereocenters. The predicted molar refractivity (Wildman–Crippen MR) is 63.8 cm³/mol. The zero-order valence-electron chi connectivity index (χ0n) is 9.12. The zero-order valence-corrected chi connectivity index (χ0v) is 9.94. The van der Waals surface area contributed by atoms with Crippen molar-refractivity contribution in [2.45, 2.75) is 19.9 Å². The van der Waals surface area contributed by atoms with E-state index in [4.69, 9.17) is 0 Å². The highest BCUT2D eigenvalue weighted by Gasteiger charge is 1.99. The number of hydrogen-bond acceptors (Lipinski definition) is 3. The summed E-state index contributed by atoms with van der Waals surface area (Å²) < 4.78 is 0. The SMILES string of the molecule is CCNCCCN(C)Cc1cccs1. The first-order valence-electron chi connectivity index (χ1n) is 5.24. The van der Waals surface area contributed by atoms with Gasteiger partial charge in [0.15, 0.2) is 0 Å². The van der Waals surface area contributed by atoms with Gasteiger partial charge in [-0.2, -0.15) is 0 Å². The molecule has 0 radical (unpaired) electrons. The summed E-state index contributed by atoms with van der Waals surface area (Å²) in [7, 11) is 2.19. The van der Waals surface area contributed by atoms with Crippen molar-refractivity contribution >= 4 is 11.3 Å². The lowest BCUT2D eigenvalue weighted by Crippen LogP contribution is -2.23. The highest BCUT2D eigenvalue weighted by molar-refractivity contribution is 7.09. The molecular weight excluding hydrogens is 192 g/mol. The van der Waals surface area contributed by atoms with E-state index < -0.39 is 0 Å².